The number of benzene rings is 1. The van der Waals surface area contributed by atoms with E-state index in [0.29, 0.717) is 11.6 Å². The van der Waals surface area contributed by atoms with Gasteiger partial charge in [-0.25, -0.2) is 13.8 Å². The van der Waals surface area contributed by atoms with Crippen molar-refractivity contribution in [3.05, 3.63) is 40.4 Å². The maximum absolute atomic E-state index is 13.3. The predicted octanol–water partition coefficient (Wildman–Crippen LogP) is 4.08. The summed E-state index contributed by atoms with van der Waals surface area (Å²) >= 11 is 1.59. The average Bonchev–Trinajstić information content (AvgIpc) is 2.87. The molecule has 2 nitrogen and oxygen atoms in total. The highest BCUT2D eigenvalue weighted by Gasteiger charge is 2.24. The van der Waals surface area contributed by atoms with Crippen LogP contribution in [-0.2, 0) is 6.42 Å². The third-order valence-corrected chi connectivity index (χ3v) is 4.83. The lowest BCUT2D eigenvalue weighted by Crippen LogP contribution is -2.23. The number of aromatic nitrogens is 1. The minimum atomic E-state index is -0.820. The van der Waals surface area contributed by atoms with Crippen LogP contribution >= 0.6 is 11.3 Å². The molecule has 1 aromatic heterocycles. The van der Waals surface area contributed by atoms with Crippen LogP contribution in [0.4, 0.5) is 8.78 Å². The molecule has 1 aromatic carbocycles. The highest BCUT2D eigenvalue weighted by molar-refractivity contribution is 7.15. The normalized spacial score (nSPS) is 18.1. The maximum Gasteiger partial charge on any atom is 0.159 e. The van der Waals surface area contributed by atoms with Gasteiger partial charge < -0.3 is 5.32 Å². The fourth-order valence-electron chi connectivity index (χ4n) is 2.61. The summed E-state index contributed by atoms with van der Waals surface area (Å²) in [6.45, 7) is 3.01. The van der Waals surface area contributed by atoms with Crippen LogP contribution in [0, 0.1) is 11.6 Å². The zero-order valence-electron chi connectivity index (χ0n) is 11.2. The molecule has 106 valence electrons. The molecular formula is C15H16F2N2S. The van der Waals surface area contributed by atoms with Crippen LogP contribution in [0.2, 0.25) is 0 Å². The number of thiazole rings is 1. The Morgan fingerprint density at radius 2 is 2.20 bits per heavy atom. The molecule has 0 fully saturated rings. The number of fused-ring (bicyclic) bond motifs is 1. The Labute approximate surface area is 120 Å². The largest absolute Gasteiger partial charge is 0.309 e. The summed E-state index contributed by atoms with van der Waals surface area (Å²) in [4.78, 5) is 5.86. The van der Waals surface area contributed by atoms with Crippen molar-refractivity contribution in [3.63, 3.8) is 0 Å². The maximum atomic E-state index is 13.3. The molecule has 1 heterocycles. The van der Waals surface area contributed by atoms with Crippen molar-refractivity contribution in [1.29, 1.82) is 0 Å². The smallest absolute Gasteiger partial charge is 0.159 e. The van der Waals surface area contributed by atoms with Gasteiger partial charge in [-0.1, -0.05) is 6.92 Å². The minimum Gasteiger partial charge on any atom is -0.309 e. The molecule has 0 saturated carbocycles. The van der Waals surface area contributed by atoms with E-state index in [9.17, 15) is 8.78 Å². The van der Waals surface area contributed by atoms with Crippen molar-refractivity contribution < 1.29 is 8.78 Å². The Kier molecular flexibility index (Phi) is 3.81. The molecular weight excluding hydrogens is 278 g/mol. The first-order valence-electron chi connectivity index (χ1n) is 6.87. The second-order valence-corrected chi connectivity index (χ2v) is 5.99. The van der Waals surface area contributed by atoms with Crippen molar-refractivity contribution >= 4 is 11.3 Å². The van der Waals surface area contributed by atoms with Crippen molar-refractivity contribution in [1.82, 2.24) is 10.3 Å². The number of nitrogens with one attached hydrogen (secondary N) is 1. The Morgan fingerprint density at radius 1 is 1.35 bits per heavy atom. The first-order chi connectivity index (χ1) is 9.69. The molecule has 1 unspecified atom stereocenters. The summed E-state index contributed by atoms with van der Waals surface area (Å²) in [5.74, 6) is -1.64. The monoisotopic (exact) mass is 294 g/mol. The third kappa shape index (κ3) is 2.47. The predicted molar refractivity (Wildman–Crippen MR) is 76.8 cm³/mol. The lowest BCUT2D eigenvalue weighted by atomic mass is 9.98. The third-order valence-electron chi connectivity index (χ3n) is 3.57. The summed E-state index contributed by atoms with van der Waals surface area (Å²) in [5, 5.41) is 4.24. The number of hydrogen-bond donors (Lipinski definition) is 1. The van der Waals surface area contributed by atoms with Gasteiger partial charge in [0, 0.05) is 16.5 Å². The summed E-state index contributed by atoms with van der Waals surface area (Å²) < 4.78 is 26.3. The zero-order chi connectivity index (χ0) is 14.1. The van der Waals surface area contributed by atoms with Gasteiger partial charge in [-0.2, -0.15) is 0 Å². The molecule has 0 amide bonds. The summed E-state index contributed by atoms with van der Waals surface area (Å²) in [5.41, 5.74) is 1.76. The number of rotatable bonds is 3. The van der Waals surface area contributed by atoms with E-state index in [-0.39, 0.29) is 0 Å². The molecule has 0 aliphatic heterocycles. The van der Waals surface area contributed by atoms with Crippen LogP contribution in [-0.4, -0.2) is 11.5 Å². The fourth-order valence-corrected chi connectivity index (χ4v) is 3.83. The lowest BCUT2D eigenvalue weighted by Gasteiger charge is -2.21. The number of nitrogens with zero attached hydrogens (tertiary/aromatic N) is 1. The van der Waals surface area contributed by atoms with Crippen molar-refractivity contribution in [2.45, 2.75) is 32.2 Å². The highest BCUT2D eigenvalue weighted by Crippen LogP contribution is 2.38. The molecule has 2 aromatic rings. The topological polar surface area (TPSA) is 24.9 Å². The van der Waals surface area contributed by atoms with E-state index in [0.717, 1.165) is 42.6 Å². The average molecular weight is 294 g/mol. The van der Waals surface area contributed by atoms with Crippen LogP contribution in [0.25, 0.3) is 10.6 Å². The van der Waals surface area contributed by atoms with Gasteiger partial charge >= 0.3 is 0 Å². The molecule has 1 atom stereocenters. The first-order valence-corrected chi connectivity index (χ1v) is 7.69. The second kappa shape index (κ2) is 5.58. The van der Waals surface area contributed by atoms with Gasteiger partial charge in [-0.15, -0.1) is 11.3 Å². The summed E-state index contributed by atoms with van der Waals surface area (Å²) in [6, 6.07) is 4.32. The standard InChI is InChI=1S/C15H16F2N2S/c1-2-18-12-4-3-5-13-14(12)20-15(19-13)9-6-7-10(16)11(17)8-9/h6-8,12,18H,2-5H2,1H3. The van der Waals surface area contributed by atoms with Crippen molar-refractivity contribution in [2.24, 2.45) is 0 Å². The van der Waals surface area contributed by atoms with Crippen LogP contribution < -0.4 is 5.32 Å². The van der Waals surface area contributed by atoms with E-state index in [1.807, 2.05) is 0 Å². The zero-order valence-corrected chi connectivity index (χ0v) is 12.1. The van der Waals surface area contributed by atoms with Crippen LogP contribution in [0.1, 0.15) is 36.4 Å². The number of halogens is 2. The molecule has 20 heavy (non-hydrogen) atoms. The molecule has 0 bridgehead atoms. The lowest BCUT2D eigenvalue weighted by molar-refractivity contribution is 0.476. The first kappa shape index (κ1) is 13.6. The quantitative estimate of drug-likeness (QED) is 0.923. The van der Waals surface area contributed by atoms with Gasteiger partial charge in [0.25, 0.3) is 0 Å². The van der Waals surface area contributed by atoms with Gasteiger partial charge in [0.05, 0.1) is 5.69 Å². The van der Waals surface area contributed by atoms with Crippen LogP contribution in [0.15, 0.2) is 18.2 Å². The minimum absolute atomic E-state index is 0.347. The van der Waals surface area contributed by atoms with Gasteiger partial charge in [0.1, 0.15) is 5.01 Å². The molecule has 0 radical (unpaired) electrons. The molecule has 0 spiro atoms. The van der Waals surface area contributed by atoms with Gasteiger partial charge in [0.2, 0.25) is 0 Å². The van der Waals surface area contributed by atoms with Gasteiger partial charge in [-0.3, -0.25) is 0 Å². The molecule has 5 heteroatoms. The summed E-state index contributed by atoms with van der Waals surface area (Å²) in [6.07, 6.45) is 3.20. The van der Waals surface area contributed by atoms with E-state index in [1.54, 1.807) is 17.4 Å². The van der Waals surface area contributed by atoms with E-state index < -0.39 is 11.6 Å². The molecule has 3 rings (SSSR count). The molecule has 1 N–H and O–H groups in total. The Bertz CT molecular complexity index is 624. The second-order valence-electron chi connectivity index (χ2n) is 4.96. The van der Waals surface area contributed by atoms with Crippen LogP contribution in [0.3, 0.4) is 0 Å². The molecule has 0 saturated heterocycles. The SMILES string of the molecule is CCNC1CCCc2nc(-c3ccc(F)c(F)c3)sc21. The van der Waals surface area contributed by atoms with E-state index >= 15 is 0 Å². The van der Waals surface area contributed by atoms with Gasteiger partial charge in [-0.05, 0) is 44.0 Å². The fraction of sp³-hybridized carbons (Fsp3) is 0.400. The van der Waals surface area contributed by atoms with E-state index in [4.69, 9.17) is 0 Å². The number of aryl methyl sites for hydroxylation is 1. The van der Waals surface area contributed by atoms with E-state index in [1.165, 1.54) is 10.9 Å². The number of hydrogen-bond acceptors (Lipinski definition) is 3. The molecule has 1 aliphatic rings. The Balaban J connectivity index is 1.97. The van der Waals surface area contributed by atoms with E-state index in [2.05, 4.69) is 17.2 Å². The van der Waals surface area contributed by atoms with Crippen LogP contribution in [0.5, 0.6) is 0 Å². The van der Waals surface area contributed by atoms with Crippen molar-refractivity contribution in [2.75, 3.05) is 6.54 Å². The Morgan fingerprint density at radius 3 is 2.95 bits per heavy atom. The summed E-state index contributed by atoms with van der Waals surface area (Å²) in [7, 11) is 0. The van der Waals surface area contributed by atoms with Crippen molar-refractivity contribution in [3.8, 4) is 10.6 Å². The van der Waals surface area contributed by atoms with Gasteiger partial charge in [0.15, 0.2) is 11.6 Å². The molecule has 1 aliphatic carbocycles. The Hall–Kier alpha value is -1.33. The highest BCUT2D eigenvalue weighted by atomic mass is 32.1.